The number of sulfonamides is 1. The highest BCUT2D eigenvalue weighted by Crippen LogP contribution is 2.25. The summed E-state index contributed by atoms with van der Waals surface area (Å²) in [4.78, 5) is 22.2. The second kappa shape index (κ2) is 9.81. The SMILES string of the molecule is NS(=O)(=O)c1ccc(CCNC(=O)CCCOc2ccccc2[N+](=O)[O-])cc1. The molecule has 0 aliphatic heterocycles. The van der Waals surface area contributed by atoms with E-state index in [1.165, 1.54) is 24.3 Å². The Labute approximate surface area is 162 Å². The minimum absolute atomic E-state index is 0.0407. The molecule has 0 aliphatic carbocycles. The summed E-state index contributed by atoms with van der Waals surface area (Å²) < 4.78 is 27.8. The molecule has 0 aromatic heterocycles. The molecule has 2 aromatic rings. The second-order valence-corrected chi connectivity index (χ2v) is 7.53. The Hall–Kier alpha value is -2.98. The van der Waals surface area contributed by atoms with Gasteiger partial charge in [-0.2, -0.15) is 0 Å². The number of rotatable bonds is 10. The highest BCUT2D eigenvalue weighted by atomic mass is 32.2. The average Bonchev–Trinajstić information content (AvgIpc) is 2.65. The van der Waals surface area contributed by atoms with Crippen molar-refractivity contribution in [1.29, 1.82) is 0 Å². The molecule has 0 bridgehead atoms. The Morgan fingerprint density at radius 2 is 1.82 bits per heavy atom. The zero-order valence-electron chi connectivity index (χ0n) is 15.0. The topological polar surface area (TPSA) is 142 Å². The first-order valence-corrected chi connectivity index (χ1v) is 10.1. The van der Waals surface area contributed by atoms with E-state index in [9.17, 15) is 23.3 Å². The number of carbonyl (C=O) groups excluding carboxylic acids is 1. The summed E-state index contributed by atoms with van der Waals surface area (Å²) in [5.74, 6) is 0.0168. The lowest BCUT2D eigenvalue weighted by atomic mass is 10.1. The summed E-state index contributed by atoms with van der Waals surface area (Å²) in [6.07, 6.45) is 1.19. The van der Waals surface area contributed by atoms with Crippen LogP contribution in [0.15, 0.2) is 53.4 Å². The van der Waals surface area contributed by atoms with Crippen LogP contribution in [0.3, 0.4) is 0 Å². The van der Waals surface area contributed by atoms with Crippen molar-refractivity contribution in [2.75, 3.05) is 13.2 Å². The molecule has 10 heteroatoms. The van der Waals surface area contributed by atoms with Gasteiger partial charge in [-0.15, -0.1) is 0 Å². The van der Waals surface area contributed by atoms with Gasteiger partial charge in [0.2, 0.25) is 15.9 Å². The molecule has 0 heterocycles. The maximum Gasteiger partial charge on any atom is 0.310 e. The van der Waals surface area contributed by atoms with Crippen molar-refractivity contribution < 1.29 is 22.9 Å². The molecule has 9 nitrogen and oxygen atoms in total. The first-order chi connectivity index (χ1) is 13.3. The summed E-state index contributed by atoms with van der Waals surface area (Å²) >= 11 is 0. The molecule has 28 heavy (non-hydrogen) atoms. The van der Waals surface area contributed by atoms with Crippen LogP contribution in [0.1, 0.15) is 18.4 Å². The van der Waals surface area contributed by atoms with Gasteiger partial charge in [0.15, 0.2) is 5.75 Å². The van der Waals surface area contributed by atoms with Gasteiger partial charge in [0.05, 0.1) is 16.4 Å². The minimum atomic E-state index is -3.71. The van der Waals surface area contributed by atoms with Gasteiger partial charge in [-0.3, -0.25) is 14.9 Å². The Kier molecular flexibility index (Phi) is 7.47. The van der Waals surface area contributed by atoms with Crippen molar-refractivity contribution in [2.45, 2.75) is 24.2 Å². The Bertz CT molecular complexity index is 929. The molecule has 3 N–H and O–H groups in total. The lowest BCUT2D eigenvalue weighted by Crippen LogP contribution is -2.25. The quantitative estimate of drug-likeness (QED) is 0.349. The van der Waals surface area contributed by atoms with Crippen LogP contribution in [0, 0.1) is 10.1 Å². The smallest absolute Gasteiger partial charge is 0.310 e. The van der Waals surface area contributed by atoms with Gasteiger partial charge in [0.1, 0.15) is 0 Å². The summed E-state index contributed by atoms with van der Waals surface area (Å²) in [6.45, 7) is 0.589. The molecule has 0 fully saturated rings. The molecule has 0 radical (unpaired) electrons. The molecular formula is C18H21N3O6S. The lowest BCUT2D eigenvalue weighted by molar-refractivity contribution is -0.385. The molecule has 2 aromatic carbocycles. The molecule has 0 spiro atoms. The van der Waals surface area contributed by atoms with Gasteiger partial charge in [0, 0.05) is 19.0 Å². The van der Waals surface area contributed by atoms with Gasteiger partial charge in [0.25, 0.3) is 0 Å². The fraction of sp³-hybridized carbons (Fsp3) is 0.278. The lowest BCUT2D eigenvalue weighted by Gasteiger charge is -2.08. The number of hydrogen-bond donors (Lipinski definition) is 2. The van der Waals surface area contributed by atoms with Crippen LogP contribution < -0.4 is 15.2 Å². The summed E-state index contributed by atoms with van der Waals surface area (Å²) in [6, 6.07) is 12.2. The van der Waals surface area contributed by atoms with Gasteiger partial charge in [-0.1, -0.05) is 24.3 Å². The number of carbonyl (C=O) groups is 1. The van der Waals surface area contributed by atoms with E-state index >= 15 is 0 Å². The summed E-state index contributed by atoms with van der Waals surface area (Å²) in [5.41, 5.74) is 0.757. The van der Waals surface area contributed by atoms with E-state index in [1.807, 2.05) is 0 Å². The largest absolute Gasteiger partial charge is 0.487 e. The molecule has 0 saturated carbocycles. The first kappa shape index (κ1) is 21.3. The second-order valence-electron chi connectivity index (χ2n) is 5.97. The van der Waals surface area contributed by atoms with Crippen LogP contribution in [-0.2, 0) is 21.2 Å². The maximum absolute atomic E-state index is 11.8. The van der Waals surface area contributed by atoms with Crippen molar-refractivity contribution in [3.05, 3.63) is 64.2 Å². The van der Waals surface area contributed by atoms with Crippen LogP contribution in [0.5, 0.6) is 5.75 Å². The van der Waals surface area contributed by atoms with Crippen LogP contribution in [0.2, 0.25) is 0 Å². The molecule has 0 saturated heterocycles. The van der Waals surface area contributed by atoms with Gasteiger partial charge in [-0.25, -0.2) is 13.6 Å². The van der Waals surface area contributed by atoms with Crippen molar-refractivity contribution in [1.82, 2.24) is 5.32 Å². The summed E-state index contributed by atoms with van der Waals surface area (Å²) in [5, 5.41) is 18.7. The monoisotopic (exact) mass is 407 g/mol. The maximum atomic E-state index is 11.8. The number of para-hydroxylation sites is 2. The number of benzene rings is 2. The normalized spacial score (nSPS) is 11.0. The highest BCUT2D eigenvalue weighted by Gasteiger charge is 2.13. The van der Waals surface area contributed by atoms with Gasteiger partial charge >= 0.3 is 5.69 Å². The molecule has 2 rings (SSSR count). The molecule has 150 valence electrons. The molecule has 0 atom stereocenters. The number of amides is 1. The highest BCUT2D eigenvalue weighted by molar-refractivity contribution is 7.89. The van der Waals surface area contributed by atoms with E-state index in [-0.39, 0.29) is 35.3 Å². The third-order valence-corrected chi connectivity index (χ3v) is 4.78. The van der Waals surface area contributed by atoms with E-state index < -0.39 is 14.9 Å². The zero-order valence-corrected chi connectivity index (χ0v) is 15.9. The van der Waals surface area contributed by atoms with Gasteiger partial charge < -0.3 is 10.1 Å². The van der Waals surface area contributed by atoms with E-state index in [4.69, 9.17) is 9.88 Å². The molecule has 1 amide bonds. The molecule has 0 aliphatic rings. The predicted molar refractivity (Wildman–Crippen MR) is 102 cm³/mol. The predicted octanol–water partition coefficient (Wildman–Crippen LogP) is 1.76. The fourth-order valence-electron chi connectivity index (χ4n) is 2.43. The third kappa shape index (κ3) is 6.63. The number of hydrogen-bond acceptors (Lipinski definition) is 6. The third-order valence-electron chi connectivity index (χ3n) is 3.86. The van der Waals surface area contributed by atoms with Crippen LogP contribution in [0.25, 0.3) is 0 Å². The number of nitrogens with zero attached hydrogens (tertiary/aromatic N) is 1. The van der Waals surface area contributed by atoms with Crippen molar-refractivity contribution in [2.24, 2.45) is 5.14 Å². The Morgan fingerprint density at radius 1 is 1.14 bits per heavy atom. The first-order valence-electron chi connectivity index (χ1n) is 8.52. The van der Waals surface area contributed by atoms with E-state index in [2.05, 4.69) is 5.32 Å². The Morgan fingerprint density at radius 3 is 2.46 bits per heavy atom. The van der Waals surface area contributed by atoms with E-state index in [0.717, 1.165) is 5.56 Å². The number of nitrogens with two attached hydrogens (primary N) is 1. The number of nitrogens with one attached hydrogen (secondary N) is 1. The number of ether oxygens (including phenoxy) is 1. The Balaban J connectivity index is 1.67. The number of primary sulfonamides is 1. The van der Waals surface area contributed by atoms with Crippen LogP contribution in [-0.4, -0.2) is 32.4 Å². The average molecular weight is 407 g/mol. The molecular weight excluding hydrogens is 386 g/mol. The minimum Gasteiger partial charge on any atom is -0.487 e. The zero-order chi connectivity index (χ0) is 20.6. The van der Waals surface area contributed by atoms with Crippen molar-refractivity contribution in [3.63, 3.8) is 0 Å². The van der Waals surface area contributed by atoms with E-state index in [1.54, 1.807) is 24.3 Å². The van der Waals surface area contributed by atoms with Crippen molar-refractivity contribution in [3.8, 4) is 5.75 Å². The van der Waals surface area contributed by atoms with Crippen LogP contribution >= 0.6 is 0 Å². The van der Waals surface area contributed by atoms with E-state index in [0.29, 0.717) is 19.4 Å². The standard InChI is InChI=1S/C18H21N3O6S/c19-28(25,26)15-9-7-14(8-10-15)11-12-20-18(22)6-3-13-27-17-5-2-1-4-16(17)21(23)24/h1-2,4-5,7-10H,3,6,11-13H2,(H,20,22)(H2,19,25,26). The summed E-state index contributed by atoms with van der Waals surface area (Å²) in [7, 11) is -3.71. The molecule has 0 unspecified atom stereocenters. The number of nitro benzene ring substituents is 1. The van der Waals surface area contributed by atoms with Crippen molar-refractivity contribution >= 4 is 21.6 Å². The van der Waals surface area contributed by atoms with Gasteiger partial charge in [-0.05, 0) is 36.6 Å². The number of nitro groups is 1. The van der Waals surface area contributed by atoms with Crippen LogP contribution in [0.4, 0.5) is 5.69 Å². The fourth-order valence-corrected chi connectivity index (χ4v) is 2.94.